The lowest BCUT2D eigenvalue weighted by Crippen LogP contribution is -2.44. The van der Waals surface area contributed by atoms with Crippen LogP contribution in [0, 0.1) is 5.92 Å². The molecule has 1 aromatic rings. The maximum atomic E-state index is 12.3. The molecule has 8 nitrogen and oxygen atoms in total. The average molecular weight is 444 g/mol. The van der Waals surface area contributed by atoms with E-state index >= 15 is 0 Å². The van der Waals surface area contributed by atoms with Crippen molar-refractivity contribution in [1.29, 1.82) is 0 Å². The highest BCUT2D eigenvalue weighted by Gasteiger charge is 2.28. The molecule has 3 N–H and O–H groups in total. The summed E-state index contributed by atoms with van der Waals surface area (Å²) >= 11 is 0. The van der Waals surface area contributed by atoms with E-state index in [4.69, 9.17) is 14.1 Å². The number of likely N-dealkylation sites (N-methyl/N-ethyl adjacent to an activating group) is 1. The molecule has 0 aromatic heterocycles. The molecule has 1 aliphatic heterocycles. The zero-order valence-corrected chi connectivity index (χ0v) is 19.4. The van der Waals surface area contributed by atoms with E-state index in [1.165, 1.54) is 4.90 Å². The summed E-state index contributed by atoms with van der Waals surface area (Å²) in [6.45, 7) is 8.45. The Labute approximate surface area is 190 Å². The van der Waals surface area contributed by atoms with E-state index in [2.05, 4.69) is 12.2 Å². The predicted molar refractivity (Wildman–Crippen MR) is 122 cm³/mol. The quantitative estimate of drug-likeness (QED) is 0.410. The molecule has 1 aliphatic carbocycles. The highest BCUT2D eigenvalue weighted by Crippen LogP contribution is 2.28. The third-order valence-electron chi connectivity index (χ3n) is 5.29. The van der Waals surface area contributed by atoms with Gasteiger partial charge in [0.05, 0.1) is 18.8 Å². The fourth-order valence-electron chi connectivity index (χ4n) is 3.58. The monoisotopic (exact) mass is 444 g/mol. The predicted octanol–water partition coefficient (Wildman–Crippen LogP) is 1.27. The van der Waals surface area contributed by atoms with Gasteiger partial charge in [0.15, 0.2) is 0 Å². The summed E-state index contributed by atoms with van der Waals surface area (Å²) in [6.07, 6.45) is 3.52. The molecule has 174 valence electrons. The van der Waals surface area contributed by atoms with Gasteiger partial charge in [-0.3, -0.25) is 4.79 Å². The number of rotatable bonds is 8. The summed E-state index contributed by atoms with van der Waals surface area (Å²) in [6, 6.07) is 5.55. The van der Waals surface area contributed by atoms with Gasteiger partial charge in [-0.2, -0.15) is 0 Å². The topological polar surface area (TPSA) is 100 Å². The molecule has 2 aliphatic rings. The minimum atomic E-state index is -1.15. The molecule has 0 bridgehead atoms. The molecule has 1 heterocycles. The maximum Gasteiger partial charge on any atom is 0.491 e. The molecule has 3 rings (SSSR count). The number of nitrogens with zero attached hydrogens (tertiary/aromatic N) is 1. The Morgan fingerprint density at radius 2 is 2.12 bits per heavy atom. The highest BCUT2D eigenvalue weighted by molar-refractivity contribution is 6.61. The van der Waals surface area contributed by atoms with Crippen LogP contribution in [0.15, 0.2) is 41.7 Å². The Hall–Kier alpha value is -2.17. The Bertz CT molecular complexity index is 895. The van der Waals surface area contributed by atoms with Gasteiger partial charge >= 0.3 is 7.12 Å². The molecule has 2 unspecified atom stereocenters. The molecule has 0 saturated carbocycles. The van der Waals surface area contributed by atoms with E-state index < -0.39 is 19.1 Å². The number of allylic oxidation sites excluding steroid dienone is 3. The first-order valence-electron chi connectivity index (χ1n) is 10.8. The van der Waals surface area contributed by atoms with E-state index in [1.54, 1.807) is 7.05 Å². The van der Waals surface area contributed by atoms with Crippen LogP contribution >= 0.6 is 0 Å². The number of carbonyl (C=O) groups is 1. The number of nitrogens with one attached hydrogen (secondary N) is 1. The number of hydrogen-bond donors (Lipinski definition) is 3. The Morgan fingerprint density at radius 3 is 2.81 bits per heavy atom. The van der Waals surface area contributed by atoms with Crippen molar-refractivity contribution >= 4 is 18.5 Å². The molecular weight excluding hydrogens is 411 g/mol. The van der Waals surface area contributed by atoms with Gasteiger partial charge in [0, 0.05) is 12.5 Å². The van der Waals surface area contributed by atoms with Crippen molar-refractivity contribution in [3.05, 3.63) is 47.2 Å². The van der Waals surface area contributed by atoms with Crippen LogP contribution in [-0.4, -0.2) is 60.2 Å². The van der Waals surface area contributed by atoms with Gasteiger partial charge in [-0.1, -0.05) is 24.6 Å². The second-order valence-corrected chi connectivity index (χ2v) is 9.37. The number of aliphatic hydroxyl groups excluding tert-OH is 1. The van der Waals surface area contributed by atoms with Crippen LogP contribution in [-0.2, 0) is 20.8 Å². The molecule has 9 heteroatoms. The number of hydrogen-bond acceptors (Lipinski definition) is 7. The summed E-state index contributed by atoms with van der Waals surface area (Å²) in [7, 11) is 0.775. The van der Waals surface area contributed by atoms with E-state index in [0.717, 1.165) is 28.8 Å². The summed E-state index contributed by atoms with van der Waals surface area (Å²) in [5, 5.41) is 22.7. The Kier molecular flexibility index (Phi) is 7.79. The van der Waals surface area contributed by atoms with Crippen molar-refractivity contribution < 1.29 is 29.1 Å². The van der Waals surface area contributed by atoms with Crippen LogP contribution in [0.25, 0.3) is 0 Å². The average Bonchev–Trinajstić information content (AvgIpc) is 3.07. The van der Waals surface area contributed by atoms with Crippen molar-refractivity contribution in [2.24, 2.45) is 5.92 Å². The number of carbonyl (C=O) groups excluding carboxylic acids is 1. The molecule has 0 fully saturated rings. The molecule has 0 spiro atoms. The normalized spacial score (nSPS) is 19.4. The van der Waals surface area contributed by atoms with Crippen molar-refractivity contribution in [3.63, 3.8) is 0 Å². The van der Waals surface area contributed by atoms with Gasteiger partial charge in [0.1, 0.15) is 11.5 Å². The standard InChI is InChI=1S/C23H33BN2O6/c1-15-10-16(12-25-21(27)13-26(5)22(28)32-23(2,3)4)6-9-20(15)31-18-7-8-19-17(11-18)14-30-24(19)29/h6-9,11,15,22,28-29H,10,12-14H2,1-5H3,(H,25,27). The minimum absolute atomic E-state index is 0.0288. The van der Waals surface area contributed by atoms with Crippen molar-refractivity contribution in [3.8, 4) is 5.75 Å². The molecular formula is C23H33BN2O6. The molecule has 1 amide bonds. The van der Waals surface area contributed by atoms with E-state index in [1.807, 2.05) is 51.1 Å². The lowest BCUT2D eigenvalue weighted by Gasteiger charge is -2.29. The van der Waals surface area contributed by atoms with Gasteiger partial charge in [-0.25, -0.2) is 4.90 Å². The van der Waals surface area contributed by atoms with Crippen LogP contribution < -0.4 is 15.5 Å². The van der Waals surface area contributed by atoms with Gasteiger partial charge in [-0.15, -0.1) is 0 Å². The van der Waals surface area contributed by atoms with E-state index in [-0.39, 0.29) is 18.4 Å². The first-order valence-corrected chi connectivity index (χ1v) is 10.8. The van der Waals surface area contributed by atoms with Crippen molar-refractivity contribution in [2.75, 3.05) is 20.1 Å². The van der Waals surface area contributed by atoms with Crippen molar-refractivity contribution in [2.45, 2.75) is 52.7 Å². The Balaban J connectivity index is 1.50. The fourth-order valence-corrected chi connectivity index (χ4v) is 3.58. The van der Waals surface area contributed by atoms with Gasteiger partial charge < -0.3 is 29.6 Å². The summed E-state index contributed by atoms with van der Waals surface area (Å²) in [4.78, 5) is 13.7. The highest BCUT2D eigenvalue weighted by atomic mass is 16.6. The van der Waals surface area contributed by atoms with E-state index in [9.17, 15) is 14.9 Å². The largest absolute Gasteiger partial charge is 0.491 e. The number of amides is 1. The maximum absolute atomic E-state index is 12.3. The molecule has 0 saturated heterocycles. The van der Waals surface area contributed by atoms with Crippen LogP contribution in [0.2, 0.25) is 0 Å². The van der Waals surface area contributed by atoms with Gasteiger partial charge in [0.25, 0.3) is 0 Å². The third-order valence-corrected chi connectivity index (χ3v) is 5.29. The zero-order valence-electron chi connectivity index (χ0n) is 19.4. The number of fused-ring (bicyclic) bond motifs is 1. The number of ether oxygens (including phenoxy) is 2. The summed E-state index contributed by atoms with van der Waals surface area (Å²) < 4.78 is 16.7. The lowest BCUT2D eigenvalue weighted by atomic mass is 9.79. The smallest absolute Gasteiger partial charge is 0.461 e. The fraction of sp³-hybridized carbons (Fsp3) is 0.522. The van der Waals surface area contributed by atoms with Crippen LogP contribution in [0.1, 0.15) is 39.7 Å². The van der Waals surface area contributed by atoms with Crippen LogP contribution in [0.3, 0.4) is 0 Å². The molecule has 32 heavy (non-hydrogen) atoms. The zero-order chi connectivity index (χ0) is 23.5. The molecule has 2 atom stereocenters. The van der Waals surface area contributed by atoms with Gasteiger partial charge in [-0.05, 0) is 63.5 Å². The Morgan fingerprint density at radius 1 is 1.38 bits per heavy atom. The number of benzene rings is 1. The SMILES string of the molecule is CC1CC(CNC(=O)CN(C)C(O)OC(C)(C)C)=CC=C1Oc1ccc2c(c1)COB2O. The lowest BCUT2D eigenvalue weighted by molar-refractivity contribution is -0.232. The molecule has 1 aromatic carbocycles. The number of aliphatic hydroxyl groups is 1. The summed E-state index contributed by atoms with van der Waals surface area (Å²) in [5.41, 5.74) is 2.30. The molecule has 0 radical (unpaired) electrons. The first kappa shape index (κ1) is 24.5. The second kappa shape index (κ2) is 10.2. The van der Waals surface area contributed by atoms with E-state index in [0.29, 0.717) is 18.9 Å². The van der Waals surface area contributed by atoms with Crippen LogP contribution in [0.4, 0.5) is 0 Å². The summed E-state index contributed by atoms with van der Waals surface area (Å²) in [5.74, 6) is 1.53. The second-order valence-electron chi connectivity index (χ2n) is 9.37. The van der Waals surface area contributed by atoms with Gasteiger partial charge in [0.2, 0.25) is 12.3 Å². The van der Waals surface area contributed by atoms with Crippen molar-refractivity contribution in [1.82, 2.24) is 10.2 Å². The first-order chi connectivity index (χ1) is 15.0. The van der Waals surface area contributed by atoms with Crippen LogP contribution in [0.5, 0.6) is 5.75 Å². The third kappa shape index (κ3) is 6.67. The minimum Gasteiger partial charge on any atom is -0.461 e.